The first-order chi connectivity index (χ1) is 12.7. The first kappa shape index (κ1) is 15.8. The van der Waals surface area contributed by atoms with Crippen molar-refractivity contribution in [3.8, 4) is 11.6 Å². The molecule has 0 bridgehead atoms. The van der Waals surface area contributed by atoms with E-state index >= 15 is 0 Å². The number of benzene rings is 2. The van der Waals surface area contributed by atoms with E-state index < -0.39 is 5.82 Å². The zero-order valence-corrected chi connectivity index (χ0v) is 13.3. The molecule has 0 spiro atoms. The lowest BCUT2D eigenvalue weighted by Crippen LogP contribution is -2.10. The third-order valence-electron chi connectivity index (χ3n) is 3.63. The van der Waals surface area contributed by atoms with Gasteiger partial charge in [0.25, 0.3) is 5.91 Å². The number of hydrogen-bond acceptors (Lipinski definition) is 5. The maximum Gasteiger partial charge on any atom is 0.291 e. The summed E-state index contributed by atoms with van der Waals surface area (Å²) in [5.74, 6) is 0.223. The molecule has 0 saturated carbocycles. The van der Waals surface area contributed by atoms with E-state index in [1.807, 2.05) is 0 Å². The fourth-order valence-corrected chi connectivity index (χ4v) is 2.40. The van der Waals surface area contributed by atoms with E-state index in [2.05, 4.69) is 15.3 Å². The molecule has 7 heteroatoms. The molecule has 0 atom stereocenters. The average molecular weight is 349 g/mol. The predicted molar refractivity (Wildman–Crippen MR) is 92.7 cm³/mol. The predicted octanol–water partition coefficient (Wildman–Crippen LogP) is 4.41. The number of nitrogens with one attached hydrogen (secondary N) is 1. The van der Waals surface area contributed by atoms with Gasteiger partial charge < -0.3 is 14.5 Å². The Bertz CT molecular complexity index is 1060. The minimum Gasteiger partial charge on any atom is -0.459 e. The molecule has 4 aromatic rings. The number of hydrogen-bond donors (Lipinski definition) is 1. The third-order valence-corrected chi connectivity index (χ3v) is 3.63. The molecule has 0 aliphatic rings. The van der Waals surface area contributed by atoms with Crippen LogP contribution in [0.25, 0.3) is 10.9 Å². The van der Waals surface area contributed by atoms with Crippen LogP contribution in [-0.2, 0) is 0 Å². The zero-order chi connectivity index (χ0) is 17.9. The van der Waals surface area contributed by atoms with Gasteiger partial charge in [-0.1, -0.05) is 0 Å². The van der Waals surface area contributed by atoms with E-state index in [1.54, 1.807) is 42.5 Å². The van der Waals surface area contributed by atoms with Crippen LogP contribution in [0.1, 0.15) is 10.6 Å². The summed E-state index contributed by atoms with van der Waals surface area (Å²) in [5, 5.41) is 3.18. The van der Waals surface area contributed by atoms with Crippen LogP contribution in [0, 0.1) is 5.82 Å². The first-order valence-corrected chi connectivity index (χ1v) is 7.72. The van der Waals surface area contributed by atoms with E-state index in [-0.39, 0.29) is 17.5 Å². The number of furan rings is 1. The van der Waals surface area contributed by atoms with Gasteiger partial charge in [-0.3, -0.25) is 4.79 Å². The van der Waals surface area contributed by atoms with Crippen LogP contribution >= 0.6 is 0 Å². The van der Waals surface area contributed by atoms with E-state index in [9.17, 15) is 9.18 Å². The number of amides is 1. The van der Waals surface area contributed by atoms with Crippen molar-refractivity contribution >= 4 is 22.5 Å². The quantitative estimate of drug-likeness (QED) is 0.591. The maximum atomic E-state index is 13.5. The van der Waals surface area contributed by atoms with Gasteiger partial charge in [-0.2, -0.15) is 0 Å². The molecule has 2 aromatic heterocycles. The largest absolute Gasteiger partial charge is 0.459 e. The van der Waals surface area contributed by atoms with Gasteiger partial charge in [-0.05, 0) is 54.6 Å². The lowest BCUT2D eigenvalue weighted by atomic mass is 10.2. The van der Waals surface area contributed by atoms with Gasteiger partial charge in [0, 0.05) is 5.69 Å². The van der Waals surface area contributed by atoms with Gasteiger partial charge in [0.05, 0.1) is 17.2 Å². The third kappa shape index (κ3) is 3.23. The second-order valence-electron chi connectivity index (χ2n) is 5.40. The molecule has 0 unspecified atom stereocenters. The minimum absolute atomic E-state index is 0.222. The monoisotopic (exact) mass is 349 g/mol. The molecule has 2 aromatic carbocycles. The molecule has 0 radical (unpaired) electrons. The normalized spacial score (nSPS) is 10.7. The Morgan fingerprint density at radius 1 is 1.08 bits per heavy atom. The Kier molecular flexibility index (Phi) is 4.03. The Morgan fingerprint density at radius 2 is 1.92 bits per heavy atom. The summed E-state index contributed by atoms with van der Waals surface area (Å²) in [6.07, 6.45) is 2.79. The highest BCUT2D eigenvalue weighted by atomic mass is 19.1. The Morgan fingerprint density at radius 3 is 2.69 bits per heavy atom. The Labute approximate surface area is 147 Å². The maximum absolute atomic E-state index is 13.5. The first-order valence-electron chi connectivity index (χ1n) is 7.72. The van der Waals surface area contributed by atoms with Crippen LogP contribution in [0.4, 0.5) is 10.1 Å². The molecule has 26 heavy (non-hydrogen) atoms. The van der Waals surface area contributed by atoms with E-state index in [0.29, 0.717) is 22.3 Å². The number of ether oxygens (including phenoxy) is 1. The van der Waals surface area contributed by atoms with Gasteiger partial charge in [0.15, 0.2) is 5.76 Å². The summed E-state index contributed by atoms with van der Waals surface area (Å²) in [5.41, 5.74) is 1.16. The van der Waals surface area contributed by atoms with Crippen LogP contribution in [0.5, 0.6) is 11.6 Å². The molecule has 0 aliphatic carbocycles. The van der Waals surface area contributed by atoms with Crippen molar-refractivity contribution in [1.29, 1.82) is 0 Å². The SMILES string of the molecule is O=C(Nc1ccc(Oc2ncnc3ccc(F)cc23)cc1)c1ccco1. The molecule has 6 nitrogen and oxygen atoms in total. The lowest BCUT2D eigenvalue weighted by Gasteiger charge is -2.08. The molecular weight excluding hydrogens is 337 g/mol. The lowest BCUT2D eigenvalue weighted by molar-refractivity contribution is 0.0996. The smallest absolute Gasteiger partial charge is 0.291 e. The van der Waals surface area contributed by atoms with Crippen LogP contribution in [0.15, 0.2) is 71.6 Å². The highest BCUT2D eigenvalue weighted by Crippen LogP contribution is 2.28. The number of rotatable bonds is 4. The summed E-state index contributed by atoms with van der Waals surface area (Å²) in [7, 11) is 0. The standard InChI is InChI=1S/C19H12FN3O3/c20-12-3-8-16-15(10-12)19(22-11-21-16)26-14-6-4-13(5-7-14)23-18(24)17-2-1-9-25-17/h1-11H,(H,23,24). The van der Waals surface area contributed by atoms with Crippen molar-refractivity contribution in [2.24, 2.45) is 0 Å². The topological polar surface area (TPSA) is 77.2 Å². The van der Waals surface area contributed by atoms with Crippen LogP contribution in [0.3, 0.4) is 0 Å². The number of nitrogens with zero attached hydrogens (tertiary/aromatic N) is 2. The number of carbonyl (C=O) groups excluding carboxylic acids is 1. The molecule has 128 valence electrons. The molecule has 0 aliphatic heterocycles. The van der Waals surface area contributed by atoms with Crippen molar-refractivity contribution in [3.05, 3.63) is 78.8 Å². The summed E-state index contributed by atoms with van der Waals surface area (Å²) < 4.78 is 24.3. The Hall–Kier alpha value is -3.74. The van der Waals surface area contributed by atoms with Crippen molar-refractivity contribution in [3.63, 3.8) is 0 Å². The van der Waals surface area contributed by atoms with Gasteiger partial charge >= 0.3 is 0 Å². The molecule has 0 fully saturated rings. The van der Waals surface area contributed by atoms with Crippen LogP contribution in [-0.4, -0.2) is 15.9 Å². The summed E-state index contributed by atoms with van der Waals surface area (Å²) in [4.78, 5) is 20.1. The highest BCUT2D eigenvalue weighted by Gasteiger charge is 2.10. The van der Waals surface area contributed by atoms with Gasteiger partial charge in [-0.25, -0.2) is 14.4 Å². The van der Waals surface area contributed by atoms with Crippen molar-refractivity contribution < 1.29 is 18.3 Å². The van der Waals surface area contributed by atoms with E-state index in [0.717, 1.165) is 0 Å². The van der Waals surface area contributed by atoms with E-state index in [4.69, 9.17) is 9.15 Å². The number of anilines is 1. The zero-order valence-electron chi connectivity index (χ0n) is 13.3. The fraction of sp³-hybridized carbons (Fsp3) is 0. The van der Waals surface area contributed by atoms with E-state index in [1.165, 1.54) is 24.7 Å². The van der Waals surface area contributed by atoms with Crippen molar-refractivity contribution in [2.75, 3.05) is 5.32 Å². The average Bonchev–Trinajstić information content (AvgIpc) is 3.19. The summed E-state index contributed by atoms with van der Waals surface area (Å²) in [6, 6.07) is 14.1. The molecule has 1 N–H and O–H groups in total. The molecular formula is C19H12FN3O3. The number of aromatic nitrogens is 2. The highest BCUT2D eigenvalue weighted by molar-refractivity contribution is 6.02. The molecule has 0 saturated heterocycles. The second-order valence-corrected chi connectivity index (χ2v) is 5.40. The van der Waals surface area contributed by atoms with Crippen molar-refractivity contribution in [2.45, 2.75) is 0 Å². The van der Waals surface area contributed by atoms with Gasteiger partial charge in [0.1, 0.15) is 17.9 Å². The summed E-state index contributed by atoms with van der Waals surface area (Å²) in [6.45, 7) is 0. The minimum atomic E-state index is -0.395. The van der Waals surface area contributed by atoms with Crippen LogP contribution in [0.2, 0.25) is 0 Å². The summed E-state index contributed by atoms with van der Waals surface area (Å²) >= 11 is 0. The van der Waals surface area contributed by atoms with Crippen LogP contribution < -0.4 is 10.1 Å². The molecule has 2 heterocycles. The number of fused-ring (bicyclic) bond motifs is 1. The second kappa shape index (κ2) is 6.64. The Balaban J connectivity index is 1.53. The van der Waals surface area contributed by atoms with Crippen molar-refractivity contribution in [1.82, 2.24) is 9.97 Å². The fourth-order valence-electron chi connectivity index (χ4n) is 2.40. The molecule has 1 amide bonds. The number of carbonyl (C=O) groups is 1. The van der Waals surface area contributed by atoms with Gasteiger partial charge in [0.2, 0.25) is 5.88 Å². The van der Waals surface area contributed by atoms with Gasteiger partial charge in [-0.15, -0.1) is 0 Å². The molecule has 4 rings (SSSR count). The number of halogens is 1.